The van der Waals surface area contributed by atoms with Crippen molar-refractivity contribution in [2.45, 2.75) is 15.0 Å². The van der Waals surface area contributed by atoms with Crippen LogP contribution >= 0.6 is 0 Å². The maximum Gasteiger partial charge on any atom is 0.243 e. The lowest BCUT2D eigenvalue weighted by molar-refractivity contribution is 0.486. The van der Waals surface area contributed by atoms with Crippen molar-refractivity contribution in [3.63, 3.8) is 0 Å². The van der Waals surface area contributed by atoms with E-state index in [1.165, 1.54) is 42.7 Å². The zero-order chi connectivity index (χ0) is 20.4. The first-order valence-electron chi connectivity index (χ1n) is 7.99. The maximum absolute atomic E-state index is 13.8. The van der Waals surface area contributed by atoms with Gasteiger partial charge in [0.15, 0.2) is 9.84 Å². The fourth-order valence-corrected chi connectivity index (χ4v) is 5.41. The fraction of sp³-hybridized carbons (Fsp3) is 0.111. The summed E-state index contributed by atoms with van der Waals surface area (Å²) >= 11 is 0. The Bertz CT molecular complexity index is 1160. The predicted octanol–water partition coefficient (Wildman–Crippen LogP) is 3.05. The number of benzene rings is 2. The number of rotatable bonds is 7. The normalized spacial score (nSPS) is 13.4. The van der Waals surface area contributed by atoms with Crippen molar-refractivity contribution in [1.82, 2.24) is 4.72 Å². The molecule has 3 aromatic rings. The molecule has 1 atom stereocenters. The van der Waals surface area contributed by atoms with Crippen LogP contribution in [0, 0.1) is 11.6 Å². The third-order valence-electron chi connectivity index (χ3n) is 3.95. The van der Waals surface area contributed by atoms with Crippen LogP contribution < -0.4 is 4.72 Å². The molecule has 0 fully saturated rings. The molecule has 1 heterocycles. The molecule has 0 amide bonds. The van der Waals surface area contributed by atoms with E-state index in [1.54, 1.807) is 6.07 Å². The van der Waals surface area contributed by atoms with Gasteiger partial charge < -0.3 is 4.42 Å². The fourth-order valence-electron chi connectivity index (χ4n) is 2.56. The summed E-state index contributed by atoms with van der Waals surface area (Å²) in [6.45, 7) is -0.636. The summed E-state index contributed by atoms with van der Waals surface area (Å²) in [6, 6.07) is 12.2. The molecule has 10 heteroatoms. The molecule has 0 saturated carbocycles. The molecule has 0 radical (unpaired) electrons. The Hall–Kier alpha value is -2.56. The van der Waals surface area contributed by atoms with Gasteiger partial charge in [-0.15, -0.1) is 0 Å². The van der Waals surface area contributed by atoms with Gasteiger partial charge >= 0.3 is 0 Å². The van der Waals surface area contributed by atoms with E-state index in [2.05, 4.69) is 0 Å². The summed E-state index contributed by atoms with van der Waals surface area (Å²) in [6.07, 6.45) is 1.25. The van der Waals surface area contributed by atoms with Gasteiger partial charge in [-0.25, -0.2) is 30.3 Å². The molecule has 0 saturated heterocycles. The summed E-state index contributed by atoms with van der Waals surface area (Å²) in [5.41, 5.74) is 0. The average molecular weight is 427 g/mol. The molecule has 1 aromatic heterocycles. The van der Waals surface area contributed by atoms with E-state index in [1.807, 2.05) is 4.72 Å². The number of hydrogen-bond donors (Lipinski definition) is 1. The third kappa shape index (κ3) is 4.13. The number of nitrogens with one attached hydrogen (secondary N) is 1. The Morgan fingerprint density at radius 2 is 1.64 bits per heavy atom. The molecule has 3 rings (SSSR count). The van der Waals surface area contributed by atoms with Crippen LogP contribution in [0.1, 0.15) is 11.0 Å². The van der Waals surface area contributed by atoms with Gasteiger partial charge in [-0.1, -0.05) is 18.2 Å². The summed E-state index contributed by atoms with van der Waals surface area (Å²) in [7, 11) is -8.55. The number of sulfone groups is 1. The molecule has 0 spiro atoms. The zero-order valence-electron chi connectivity index (χ0n) is 14.2. The van der Waals surface area contributed by atoms with Crippen LogP contribution in [-0.2, 0) is 19.9 Å². The van der Waals surface area contributed by atoms with Crippen LogP contribution in [0.3, 0.4) is 0 Å². The first kappa shape index (κ1) is 20.2. The van der Waals surface area contributed by atoms with Gasteiger partial charge in [0.2, 0.25) is 10.0 Å². The smallest absolute Gasteiger partial charge is 0.243 e. The van der Waals surface area contributed by atoms with E-state index < -0.39 is 48.2 Å². The highest BCUT2D eigenvalue weighted by Gasteiger charge is 2.33. The van der Waals surface area contributed by atoms with E-state index in [0.717, 1.165) is 6.07 Å². The van der Waals surface area contributed by atoms with Gasteiger partial charge in [0.25, 0.3) is 0 Å². The Morgan fingerprint density at radius 1 is 0.929 bits per heavy atom. The van der Waals surface area contributed by atoms with E-state index in [-0.39, 0.29) is 10.7 Å². The second-order valence-electron chi connectivity index (χ2n) is 5.79. The molecule has 0 aliphatic rings. The lowest BCUT2D eigenvalue weighted by Crippen LogP contribution is -2.32. The molecule has 0 unspecified atom stereocenters. The molecular weight excluding hydrogens is 412 g/mol. The minimum Gasteiger partial charge on any atom is -0.468 e. The van der Waals surface area contributed by atoms with Crippen molar-refractivity contribution in [3.05, 3.63) is 84.3 Å². The summed E-state index contributed by atoms with van der Waals surface area (Å²) in [5.74, 6) is -2.10. The number of sulfonamides is 1. The number of hydrogen-bond acceptors (Lipinski definition) is 5. The minimum atomic E-state index is -4.51. The van der Waals surface area contributed by atoms with Gasteiger partial charge in [0.1, 0.15) is 27.5 Å². The van der Waals surface area contributed by atoms with Crippen LogP contribution in [-0.4, -0.2) is 23.4 Å². The minimum absolute atomic E-state index is 0.00580. The molecule has 0 bridgehead atoms. The quantitative estimate of drug-likeness (QED) is 0.626. The lowest BCUT2D eigenvalue weighted by atomic mass is 10.3. The van der Waals surface area contributed by atoms with Crippen LogP contribution in [0.5, 0.6) is 0 Å². The molecule has 0 aliphatic carbocycles. The standard InChI is InChI=1S/C18H15F2NO5S2/c19-13-8-9-15(20)17(11-13)28(24,25)21-12-18(16-7-4-10-26-16)27(22,23)14-5-2-1-3-6-14/h1-11,18,21H,12H2/t18-/m0/s1. The summed E-state index contributed by atoms with van der Waals surface area (Å²) in [5, 5.41) is -1.41. The molecule has 148 valence electrons. The Morgan fingerprint density at radius 3 is 2.29 bits per heavy atom. The topological polar surface area (TPSA) is 93.4 Å². The number of halogens is 2. The molecule has 0 aliphatic heterocycles. The number of furan rings is 1. The van der Waals surface area contributed by atoms with E-state index in [0.29, 0.717) is 12.1 Å². The van der Waals surface area contributed by atoms with E-state index in [9.17, 15) is 25.6 Å². The van der Waals surface area contributed by atoms with Crippen LogP contribution in [0.15, 0.2) is 81.1 Å². The molecule has 28 heavy (non-hydrogen) atoms. The molecular formula is C18H15F2NO5S2. The Kier molecular flexibility index (Phi) is 5.64. The van der Waals surface area contributed by atoms with Crippen LogP contribution in [0.2, 0.25) is 0 Å². The van der Waals surface area contributed by atoms with Crippen LogP contribution in [0.4, 0.5) is 8.78 Å². The van der Waals surface area contributed by atoms with Crippen molar-refractivity contribution in [2.75, 3.05) is 6.54 Å². The maximum atomic E-state index is 13.8. The van der Waals surface area contributed by atoms with Gasteiger partial charge in [-0.2, -0.15) is 0 Å². The van der Waals surface area contributed by atoms with Crippen molar-refractivity contribution < 1.29 is 30.0 Å². The van der Waals surface area contributed by atoms with Crippen molar-refractivity contribution >= 4 is 19.9 Å². The molecule has 2 aromatic carbocycles. The first-order valence-corrected chi connectivity index (χ1v) is 11.0. The largest absolute Gasteiger partial charge is 0.468 e. The molecule has 1 N–H and O–H groups in total. The highest BCUT2D eigenvalue weighted by molar-refractivity contribution is 7.92. The van der Waals surface area contributed by atoms with Gasteiger partial charge in [-0.3, -0.25) is 0 Å². The van der Waals surface area contributed by atoms with Crippen molar-refractivity contribution in [3.8, 4) is 0 Å². The monoisotopic (exact) mass is 427 g/mol. The third-order valence-corrected chi connectivity index (χ3v) is 7.46. The van der Waals surface area contributed by atoms with E-state index >= 15 is 0 Å². The summed E-state index contributed by atoms with van der Waals surface area (Å²) < 4.78 is 85.1. The predicted molar refractivity (Wildman–Crippen MR) is 96.6 cm³/mol. The second-order valence-corrected chi connectivity index (χ2v) is 9.65. The van der Waals surface area contributed by atoms with Crippen molar-refractivity contribution in [2.24, 2.45) is 0 Å². The van der Waals surface area contributed by atoms with Crippen molar-refractivity contribution in [1.29, 1.82) is 0 Å². The lowest BCUT2D eigenvalue weighted by Gasteiger charge is -2.17. The van der Waals surface area contributed by atoms with Gasteiger partial charge in [-0.05, 0) is 42.5 Å². The zero-order valence-corrected chi connectivity index (χ0v) is 15.9. The van der Waals surface area contributed by atoms with Gasteiger partial charge in [0.05, 0.1) is 11.2 Å². The second kappa shape index (κ2) is 7.82. The van der Waals surface area contributed by atoms with Gasteiger partial charge in [0, 0.05) is 6.54 Å². The molecule has 6 nitrogen and oxygen atoms in total. The first-order chi connectivity index (χ1) is 13.2. The SMILES string of the molecule is O=S(=O)(NC[C@@H](c1ccco1)S(=O)(=O)c1ccccc1)c1cc(F)ccc1F. The summed E-state index contributed by atoms with van der Waals surface area (Å²) in [4.78, 5) is -0.949. The van der Waals surface area contributed by atoms with E-state index in [4.69, 9.17) is 4.42 Å². The Labute approximate surface area is 160 Å². The highest BCUT2D eigenvalue weighted by atomic mass is 32.2. The average Bonchev–Trinajstić information content (AvgIpc) is 3.18. The van der Waals surface area contributed by atoms with Crippen LogP contribution in [0.25, 0.3) is 0 Å². The Balaban J connectivity index is 1.95. The highest BCUT2D eigenvalue weighted by Crippen LogP contribution is 2.29.